The fourth-order valence-corrected chi connectivity index (χ4v) is 1.69. The van der Waals surface area contributed by atoms with Gasteiger partial charge in [-0.1, -0.05) is 23.7 Å². The van der Waals surface area contributed by atoms with Gasteiger partial charge in [-0.05, 0) is 24.6 Å². The van der Waals surface area contributed by atoms with Crippen molar-refractivity contribution in [2.75, 3.05) is 0 Å². The zero-order valence-electron chi connectivity index (χ0n) is 8.18. The predicted molar refractivity (Wildman–Crippen MR) is 58.2 cm³/mol. The third-order valence-corrected chi connectivity index (χ3v) is 2.58. The molecule has 2 aromatic rings. The van der Waals surface area contributed by atoms with Crippen LogP contribution in [0.15, 0.2) is 45.9 Å². The van der Waals surface area contributed by atoms with Crippen molar-refractivity contribution in [1.29, 1.82) is 0 Å². The Hall–Kier alpha value is -1.48. The lowest BCUT2D eigenvalue weighted by atomic mass is 10.1. The number of rotatable bonds is 2. The molecule has 3 nitrogen and oxygen atoms in total. The summed E-state index contributed by atoms with van der Waals surface area (Å²) in [5.74, 6) is -0.359. The number of benzene rings is 1. The highest BCUT2D eigenvalue weighted by molar-refractivity contribution is 6.30. The molecule has 0 saturated carbocycles. The predicted octanol–water partition coefficient (Wildman–Crippen LogP) is 2.70. The standard InChI is InChI=1S/C11H10ClNO2/c1-8(13-5-6-15-11(13)14)9-3-2-4-10(12)7-9/h2-8H,1H3/t8-/m1/s1. The Bertz CT molecular complexity index is 515. The molecule has 78 valence electrons. The third kappa shape index (κ3) is 1.97. The minimum atomic E-state index is -0.359. The van der Waals surface area contributed by atoms with Crippen LogP contribution >= 0.6 is 11.6 Å². The highest BCUT2D eigenvalue weighted by Gasteiger charge is 2.10. The van der Waals surface area contributed by atoms with Crippen LogP contribution in [0.5, 0.6) is 0 Å². The Kier molecular flexibility index (Phi) is 2.64. The lowest BCUT2D eigenvalue weighted by Crippen LogP contribution is -2.18. The van der Waals surface area contributed by atoms with E-state index in [0.717, 1.165) is 5.56 Å². The molecule has 0 spiro atoms. The van der Waals surface area contributed by atoms with Gasteiger partial charge in [0.25, 0.3) is 0 Å². The van der Waals surface area contributed by atoms with Crippen molar-refractivity contribution in [2.45, 2.75) is 13.0 Å². The second-order valence-corrected chi connectivity index (χ2v) is 3.74. The molecule has 1 aromatic heterocycles. The maximum absolute atomic E-state index is 11.3. The van der Waals surface area contributed by atoms with Crippen molar-refractivity contribution in [1.82, 2.24) is 4.57 Å². The van der Waals surface area contributed by atoms with E-state index in [2.05, 4.69) is 0 Å². The van der Waals surface area contributed by atoms with Gasteiger partial charge in [-0.25, -0.2) is 4.79 Å². The molecule has 0 bridgehead atoms. The molecule has 0 aliphatic carbocycles. The second kappa shape index (κ2) is 3.95. The summed E-state index contributed by atoms with van der Waals surface area (Å²) in [7, 11) is 0. The van der Waals surface area contributed by atoms with E-state index >= 15 is 0 Å². The lowest BCUT2D eigenvalue weighted by Gasteiger charge is -2.11. The van der Waals surface area contributed by atoms with Gasteiger partial charge < -0.3 is 4.42 Å². The van der Waals surface area contributed by atoms with Crippen LogP contribution in [0.3, 0.4) is 0 Å². The number of nitrogens with zero attached hydrogens (tertiary/aromatic N) is 1. The summed E-state index contributed by atoms with van der Waals surface area (Å²) >= 11 is 5.88. The van der Waals surface area contributed by atoms with E-state index in [1.54, 1.807) is 12.3 Å². The van der Waals surface area contributed by atoms with E-state index in [9.17, 15) is 4.79 Å². The number of halogens is 1. The average molecular weight is 224 g/mol. The first-order chi connectivity index (χ1) is 7.18. The summed E-state index contributed by atoms with van der Waals surface area (Å²) < 4.78 is 6.23. The second-order valence-electron chi connectivity index (χ2n) is 3.31. The van der Waals surface area contributed by atoms with Crippen LogP contribution in [0.2, 0.25) is 5.02 Å². The molecule has 0 aliphatic rings. The fourth-order valence-electron chi connectivity index (χ4n) is 1.49. The van der Waals surface area contributed by atoms with Crippen LogP contribution in [0.4, 0.5) is 0 Å². The highest BCUT2D eigenvalue weighted by Crippen LogP contribution is 2.19. The SMILES string of the molecule is C[C@H](c1cccc(Cl)c1)n1ccoc1=O. The fraction of sp³-hybridized carbons (Fsp3) is 0.182. The molecule has 0 saturated heterocycles. The van der Waals surface area contributed by atoms with E-state index in [-0.39, 0.29) is 11.8 Å². The van der Waals surface area contributed by atoms with Crippen LogP contribution in [-0.4, -0.2) is 4.57 Å². The van der Waals surface area contributed by atoms with Gasteiger partial charge in [0.15, 0.2) is 0 Å². The van der Waals surface area contributed by atoms with Gasteiger partial charge in [-0.2, -0.15) is 0 Å². The van der Waals surface area contributed by atoms with Crippen molar-refractivity contribution in [3.05, 3.63) is 57.9 Å². The molecule has 4 heteroatoms. The lowest BCUT2D eigenvalue weighted by molar-refractivity contribution is 0.465. The topological polar surface area (TPSA) is 35.1 Å². The van der Waals surface area contributed by atoms with Crippen molar-refractivity contribution in [2.24, 2.45) is 0 Å². The van der Waals surface area contributed by atoms with E-state index in [1.165, 1.54) is 10.8 Å². The maximum atomic E-state index is 11.3. The molecule has 2 rings (SSSR count). The van der Waals surface area contributed by atoms with Crippen molar-refractivity contribution in [3.63, 3.8) is 0 Å². The van der Waals surface area contributed by atoms with Crippen LogP contribution in [0.25, 0.3) is 0 Å². The van der Waals surface area contributed by atoms with Crippen LogP contribution < -0.4 is 5.76 Å². The quantitative estimate of drug-likeness (QED) is 0.785. The third-order valence-electron chi connectivity index (χ3n) is 2.35. The normalized spacial score (nSPS) is 12.7. The Balaban J connectivity index is 2.41. The molecule has 0 unspecified atom stereocenters. The molecule has 0 aliphatic heterocycles. The van der Waals surface area contributed by atoms with Crippen LogP contribution in [0.1, 0.15) is 18.5 Å². The van der Waals surface area contributed by atoms with E-state index in [1.807, 2.05) is 25.1 Å². The van der Waals surface area contributed by atoms with Crippen LogP contribution in [-0.2, 0) is 0 Å². The Morgan fingerprint density at radius 3 is 2.87 bits per heavy atom. The summed E-state index contributed by atoms with van der Waals surface area (Å²) in [4.78, 5) is 11.3. The van der Waals surface area contributed by atoms with Gasteiger partial charge >= 0.3 is 5.76 Å². The molecule has 15 heavy (non-hydrogen) atoms. The highest BCUT2D eigenvalue weighted by atomic mass is 35.5. The largest absolute Gasteiger partial charge is 0.419 e. The molecule has 0 radical (unpaired) electrons. The molecule has 0 N–H and O–H groups in total. The van der Waals surface area contributed by atoms with Crippen molar-refractivity contribution >= 4 is 11.6 Å². The molecule has 0 amide bonds. The van der Waals surface area contributed by atoms with Crippen molar-refractivity contribution in [3.8, 4) is 0 Å². The maximum Gasteiger partial charge on any atom is 0.419 e. The first-order valence-corrected chi connectivity index (χ1v) is 4.97. The Morgan fingerprint density at radius 2 is 2.27 bits per heavy atom. The Labute approximate surface area is 91.9 Å². The zero-order chi connectivity index (χ0) is 10.8. The van der Waals surface area contributed by atoms with E-state index < -0.39 is 0 Å². The van der Waals surface area contributed by atoms with Gasteiger partial charge in [0, 0.05) is 11.2 Å². The Morgan fingerprint density at radius 1 is 1.47 bits per heavy atom. The number of oxazole rings is 1. The molecule has 1 atom stereocenters. The van der Waals surface area contributed by atoms with Gasteiger partial charge in [0.1, 0.15) is 6.26 Å². The molecule has 1 heterocycles. The van der Waals surface area contributed by atoms with E-state index in [0.29, 0.717) is 5.02 Å². The molecular weight excluding hydrogens is 214 g/mol. The van der Waals surface area contributed by atoms with Crippen LogP contribution in [0, 0.1) is 0 Å². The summed E-state index contributed by atoms with van der Waals surface area (Å²) in [5, 5.41) is 0.663. The minimum absolute atomic E-state index is 0.0741. The van der Waals surface area contributed by atoms with Gasteiger partial charge in [0.05, 0.1) is 6.04 Å². The molecule has 1 aromatic carbocycles. The molecule has 0 fully saturated rings. The van der Waals surface area contributed by atoms with Gasteiger partial charge in [-0.15, -0.1) is 0 Å². The molecular formula is C11H10ClNO2. The number of aromatic nitrogens is 1. The first-order valence-electron chi connectivity index (χ1n) is 4.59. The number of hydrogen-bond acceptors (Lipinski definition) is 2. The summed E-state index contributed by atoms with van der Waals surface area (Å²) in [6, 6.07) is 7.35. The summed E-state index contributed by atoms with van der Waals surface area (Å²) in [5.41, 5.74) is 0.978. The smallest absolute Gasteiger partial charge is 0.416 e. The summed E-state index contributed by atoms with van der Waals surface area (Å²) in [6.07, 6.45) is 3.00. The van der Waals surface area contributed by atoms with Crippen molar-refractivity contribution < 1.29 is 4.42 Å². The number of hydrogen-bond donors (Lipinski definition) is 0. The summed E-state index contributed by atoms with van der Waals surface area (Å²) in [6.45, 7) is 1.92. The monoisotopic (exact) mass is 223 g/mol. The zero-order valence-corrected chi connectivity index (χ0v) is 8.94. The first kappa shape index (κ1) is 10.1. The van der Waals surface area contributed by atoms with Gasteiger partial charge in [-0.3, -0.25) is 4.57 Å². The van der Waals surface area contributed by atoms with E-state index in [4.69, 9.17) is 16.0 Å². The minimum Gasteiger partial charge on any atom is -0.416 e. The average Bonchev–Trinajstić information content (AvgIpc) is 2.63. The van der Waals surface area contributed by atoms with Gasteiger partial charge in [0.2, 0.25) is 0 Å².